The van der Waals surface area contributed by atoms with Gasteiger partial charge < -0.3 is 24.6 Å². The number of halogens is 2. The largest absolute Gasteiger partial charge is 0.586 e. The molecule has 1 aliphatic rings. The molecule has 0 amide bonds. The third kappa shape index (κ3) is 4.83. The summed E-state index contributed by atoms with van der Waals surface area (Å²) in [5, 5.41) is 14.1. The first-order valence-corrected chi connectivity index (χ1v) is 11.5. The molecule has 0 spiro atoms. The number of nitrogens with one attached hydrogen (secondary N) is 1. The predicted octanol–water partition coefficient (Wildman–Crippen LogP) is 7.41. The standard InChI is InChI=1S/C29H25F2NO4/c1-17-9-10-21(20-7-5-4-6-8-20)15-24(17)32-23-11-12-25(18(2)14-23)34-28(33)22-13-19(3)27-26(16-22)35-29(30,31)36-27/h4-16,28,32-33H,1-3H3. The molecule has 0 aromatic heterocycles. The number of fused-ring (bicyclic) bond motifs is 1. The lowest BCUT2D eigenvalue weighted by Crippen LogP contribution is -2.26. The number of hydrogen-bond donors (Lipinski definition) is 2. The number of ether oxygens (including phenoxy) is 3. The minimum absolute atomic E-state index is 0.0471. The lowest BCUT2D eigenvalue weighted by atomic mass is 10.0. The van der Waals surface area contributed by atoms with E-state index >= 15 is 0 Å². The summed E-state index contributed by atoms with van der Waals surface area (Å²) >= 11 is 0. The van der Waals surface area contributed by atoms with Gasteiger partial charge in [-0.15, -0.1) is 8.78 Å². The van der Waals surface area contributed by atoms with Crippen molar-refractivity contribution < 1.29 is 28.1 Å². The summed E-state index contributed by atoms with van der Waals surface area (Å²) in [4.78, 5) is 0. The average molecular weight is 490 g/mol. The molecule has 1 heterocycles. The van der Waals surface area contributed by atoms with E-state index in [0.29, 0.717) is 11.3 Å². The lowest BCUT2D eigenvalue weighted by Gasteiger charge is -2.18. The zero-order chi connectivity index (χ0) is 25.4. The Kier molecular flexibility index (Phi) is 6.02. The zero-order valence-corrected chi connectivity index (χ0v) is 20.0. The van der Waals surface area contributed by atoms with Crippen LogP contribution in [0.5, 0.6) is 17.2 Å². The van der Waals surface area contributed by atoms with E-state index in [1.807, 2.05) is 44.2 Å². The van der Waals surface area contributed by atoms with Gasteiger partial charge in [-0.05, 0) is 85.0 Å². The van der Waals surface area contributed by atoms with Crippen LogP contribution in [0.4, 0.5) is 20.2 Å². The second-order valence-corrected chi connectivity index (χ2v) is 8.80. The molecule has 0 saturated carbocycles. The predicted molar refractivity (Wildman–Crippen MR) is 134 cm³/mol. The molecule has 0 aliphatic carbocycles. The first-order chi connectivity index (χ1) is 17.2. The van der Waals surface area contributed by atoms with Crippen LogP contribution in [0.2, 0.25) is 0 Å². The number of aliphatic hydroxyl groups is 1. The normalized spacial score (nSPS) is 14.4. The van der Waals surface area contributed by atoms with Crippen LogP contribution in [0.25, 0.3) is 11.1 Å². The highest BCUT2D eigenvalue weighted by Crippen LogP contribution is 2.45. The highest BCUT2D eigenvalue weighted by molar-refractivity contribution is 5.73. The second-order valence-electron chi connectivity index (χ2n) is 8.80. The molecular weight excluding hydrogens is 464 g/mol. The topological polar surface area (TPSA) is 60.0 Å². The molecule has 4 aromatic carbocycles. The van der Waals surface area contributed by atoms with Gasteiger partial charge in [0.05, 0.1) is 0 Å². The quantitative estimate of drug-likeness (QED) is 0.276. The van der Waals surface area contributed by atoms with E-state index < -0.39 is 12.6 Å². The van der Waals surface area contributed by atoms with Crippen LogP contribution in [-0.4, -0.2) is 11.4 Å². The van der Waals surface area contributed by atoms with Crippen LogP contribution in [-0.2, 0) is 0 Å². The van der Waals surface area contributed by atoms with Gasteiger partial charge in [-0.1, -0.05) is 42.5 Å². The van der Waals surface area contributed by atoms with Gasteiger partial charge in [0.25, 0.3) is 0 Å². The molecule has 1 aliphatic heterocycles. The molecule has 4 aromatic rings. The van der Waals surface area contributed by atoms with Crippen LogP contribution < -0.4 is 19.5 Å². The van der Waals surface area contributed by atoms with Gasteiger partial charge in [-0.25, -0.2) is 0 Å². The van der Waals surface area contributed by atoms with Crippen LogP contribution in [0.3, 0.4) is 0 Å². The Balaban J connectivity index is 1.33. The lowest BCUT2D eigenvalue weighted by molar-refractivity contribution is -0.286. The van der Waals surface area contributed by atoms with Crippen LogP contribution in [0, 0.1) is 20.8 Å². The molecule has 0 fully saturated rings. The Labute approximate surface area is 207 Å². The Bertz CT molecular complexity index is 1420. The fourth-order valence-electron chi connectivity index (χ4n) is 4.16. The van der Waals surface area contributed by atoms with E-state index in [-0.39, 0.29) is 17.1 Å². The van der Waals surface area contributed by atoms with E-state index in [2.05, 4.69) is 45.1 Å². The number of rotatable bonds is 6. The van der Waals surface area contributed by atoms with Crippen LogP contribution >= 0.6 is 0 Å². The van der Waals surface area contributed by atoms with Crippen molar-refractivity contribution in [2.24, 2.45) is 0 Å². The van der Waals surface area contributed by atoms with Crippen molar-refractivity contribution in [3.8, 4) is 28.4 Å². The van der Waals surface area contributed by atoms with Crippen molar-refractivity contribution in [1.29, 1.82) is 0 Å². The van der Waals surface area contributed by atoms with Gasteiger partial charge in [0.1, 0.15) is 5.75 Å². The minimum atomic E-state index is -3.73. The first kappa shape index (κ1) is 23.6. The summed E-state index contributed by atoms with van der Waals surface area (Å²) in [5.74, 6) is 0.277. The molecule has 0 saturated heterocycles. The summed E-state index contributed by atoms with van der Waals surface area (Å²) in [6.07, 6.45) is -5.11. The molecule has 1 unspecified atom stereocenters. The van der Waals surface area contributed by atoms with Crippen molar-refractivity contribution in [2.45, 2.75) is 33.4 Å². The van der Waals surface area contributed by atoms with Gasteiger partial charge >= 0.3 is 6.29 Å². The minimum Gasteiger partial charge on any atom is -0.461 e. The Morgan fingerprint density at radius 2 is 1.58 bits per heavy atom. The van der Waals surface area contributed by atoms with Crippen molar-refractivity contribution >= 4 is 11.4 Å². The van der Waals surface area contributed by atoms with E-state index in [1.54, 1.807) is 13.0 Å². The Morgan fingerprint density at radius 3 is 2.33 bits per heavy atom. The van der Waals surface area contributed by atoms with Gasteiger partial charge in [0.2, 0.25) is 6.29 Å². The van der Waals surface area contributed by atoms with Crippen LogP contribution in [0.1, 0.15) is 28.5 Å². The number of benzene rings is 4. The zero-order valence-electron chi connectivity index (χ0n) is 20.0. The van der Waals surface area contributed by atoms with Gasteiger partial charge in [-0.2, -0.15) is 0 Å². The molecule has 5 nitrogen and oxygen atoms in total. The second kappa shape index (κ2) is 9.17. The van der Waals surface area contributed by atoms with E-state index in [1.165, 1.54) is 12.1 Å². The molecule has 5 rings (SSSR count). The van der Waals surface area contributed by atoms with Crippen molar-refractivity contribution in [2.75, 3.05) is 5.32 Å². The molecule has 0 radical (unpaired) electrons. The fourth-order valence-corrected chi connectivity index (χ4v) is 4.16. The average Bonchev–Trinajstić information content (AvgIpc) is 3.17. The monoisotopic (exact) mass is 489 g/mol. The summed E-state index contributed by atoms with van der Waals surface area (Å²) < 4.78 is 41.7. The Hall–Kier alpha value is -4.10. The van der Waals surface area contributed by atoms with Gasteiger partial charge in [0, 0.05) is 16.9 Å². The van der Waals surface area contributed by atoms with Gasteiger partial charge in [0.15, 0.2) is 11.5 Å². The van der Waals surface area contributed by atoms with Crippen molar-refractivity contribution in [3.63, 3.8) is 0 Å². The third-order valence-corrected chi connectivity index (χ3v) is 6.03. The van der Waals surface area contributed by atoms with E-state index in [0.717, 1.165) is 33.6 Å². The number of aryl methyl sites for hydroxylation is 3. The maximum atomic E-state index is 13.4. The molecule has 2 N–H and O–H groups in total. The molecule has 7 heteroatoms. The Morgan fingerprint density at radius 1 is 0.806 bits per heavy atom. The summed E-state index contributed by atoms with van der Waals surface area (Å²) in [6.45, 7) is 5.51. The fraction of sp³-hybridized carbons (Fsp3) is 0.172. The maximum absolute atomic E-state index is 13.4. The van der Waals surface area contributed by atoms with Gasteiger partial charge in [-0.3, -0.25) is 0 Å². The number of alkyl halides is 2. The summed E-state index contributed by atoms with van der Waals surface area (Å²) in [7, 11) is 0. The van der Waals surface area contributed by atoms with E-state index in [9.17, 15) is 13.9 Å². The van der Waals surface area contributed by atoms with Crippen molar-refractivity contribution in [3.05, 3.63) is 101 Å². The highest BCUT2D eigenvalue weighted by atomic mass is 19.3. The molecule has 36 heavy (non-hydrogen) atoms. The SMILES string of the molecule is Cc1ccc(-c2ccccc2)cc1Nc1ccc(OC(O)c2cc(C)c3c(c2)OC(F)(F)O3)c(C)c1. The number of anilines is 2. The smallest absolute Gasteiger partial charge is 0.461 e. The van der Waals surface area contributed by atoms with E-state index in [4.69, 9.17) is 4.74 Å². The number of aliphatic hydroxyl groups excluding tert-OH is 1. The molecule has 184 valence electrons. The third-order valence-electron chi connectivity index (χ3n) is 6.03. The molecule has 1 atom stereocenters. The highest BCUT2D eigenvalue weighted by Gasteiger charge is 2.44. The van der Waals surface area contributed by atoms with Crippen LogP contribution in [0.15, 0.2) is 78.9 Å². The van der Waals surface area contributed by atoms with Crippen molar-refractivity contribution in [1.82, 2.24) is 0 Å². The maximum Gasteiger partial charge on any atom is 0.586 e. The molecular formula is C29H25F2NO4. The molecule has 0 bridgehead atoms. The summed E-state index contributed by atoms with van der Waals surface area (Å²) in [6, 6.07) is 24.8. The first-order valence-electron chi connectivity index (χ1n) is 11.5. The summed E-state index contributed by atoms with van der Waals surface area (Å²) in [5.41, 5.74) is 6.68. The number of hydrogen-bond acceptors (Lipinski definition) is 5.